The number of benzene rings is 1. The van der Waals surface area contributed by atoms with Gasteiger partial charge in [-0.15, -0.1) is 0 Å². The molecule has 1 saturated carbocycles. The minimum absolute atomic E-state index is 0.245. The van der Waals surface area contributed by atoms with Crippen molar-refractivity contribution in [1.29, 1.82) is 0 Å². The molecule has 0 atom stereocenters. The van der Waals surface area contributed by atoms with Crippen LogP contribution in [0.15, 0.2) is 17.3 Å². The monoisotopic (exact) mass is 213 g/mol. The first kappa shape index (κ1) is 9.46. The molecule has 14 heavy (non-hydrogen) atoms. The molecule has 0 spiro atoms. The van der Waals surface area contributed by atoms with Gasteiger partial charge in [0, 0.05) is 16.1 Å². The standard InChI is InChI=1S/C10H9ClFNO/c11-8-4-3-7(5-13-14)10(12)9(8)6-1-2-6/h3-6,14H,1-2H2/b13-5+. The van der Waals surface area contributed by atoms with Gasteiger partial charge in [0.25, 0.3) is 0 Å². The minimum atomic E-state index is -0.363. The number of oxime groups is 1. The van der Waals surface area contributed by atoms with Crippen LogP contribution in [0.25, 0.3) is 0 Å². The van der Waals surface area contributed by atoms with Gasteiger partial charge in [0.1, 0.15) is 5.82 Å². The van der Waals surface area contributed by atoms with Gasteiger partial charge in [0.2, 0.25) is 0 Å². The maximum absolute atomic E-state index is 13.7. The summed E-state index contributed by atoms with van der Waals surface area (Å²) >= 11 is 5.89. The third-order valence-electron chi connectivity index (χ3n) is 2.34. The van der Waals surface area contributed by atoms with Gasteiger partial charge in [-0.05, 0) is 30.9 Å². The van der Waals surface area contributed by atoms with Crippen molar-refractivity contribution in [3.63, 3.8) is 0 Å². The quantitative estimate of drug-likeness (QED) is 0.457. The fourth-order valence-electron chi connectivity index (χ4n) is 1.49. The summed E-state index contributed by atoms with van der Waals surface area (Å²) < 4.78 is 13.7. The van der Waals surface area contributed by atoms with Gasteiger partial charge in [0.05, 0.1) is 6.21 Å². The topological polar surface area (TPSA) is 32.6 Å². The Morgan fingerprint density at radius 2 is 2.21 bits per heavy atom. The number of rotatable bonds is 2. The SMILES string of the molecule is O/N=C/c1ccc(Cl)c(C2CC2)c1F. The van der Waals surface area contributed by atoms with Crippen molar-refractivity contribution < 1.29 is 9.60 Å². The maximum Gasteiger partial charge on any atom is 0.137 e. The average molecular weight is 214 g/mol. The Labute approximate surface area is 86.0 Å². The lowest BCUT2D eigenvalue weighted by Crippen LogP contribution is -1.95. The number of hydrogen-bond acceptors (Lipinski definition) is 2. The molecular weight excluding hydrogens is 205 g/mol. The summed E-state index contributed by atoms with van der Waals surface area (Å²) in [5.41, 5.74) is 0.836. The Bertz CT molecular complexity index is 388. The highest BCUT2D eigenvalue weighted by molar-refractivity contribution is 6.31. The molecule has 0 heterocycles. The average Bonchev–Trinajstić information content (AvgIpc) is 2.94. The molecule has 1 aliphatic rings. The van der Waals surface area contributed by atoms with Crippen molar-refractivity contribution in [2.75, 3.05) is 0 Å². The number of hydrogen-bond donors (Lipinski definition) is 1. The first-order valence-corrected chi connectivity index (χ1v) is 4.77. The highest BCUT2D eigenvalue weighted by Crippen LogP contribution is 2.44. The molecule has 0 aromatic heterocycles. The fourth-order valence-corrected chi connectivity index (χ4v) is 1.79. The first-order chi connectivity index (χ1) is 6.74. The van der Waals surface area contributed by atoms with E-state index in [1.165, 1.54) is 6.07 Å². The van der Waals surface area contributed by atoms with Crippen molar-refractivity contribution in [3.05, 3.63) is 34.1 Å². The van der Waals surface area contributed by atoms with E-state index in [0.717, 1.165) is 19.1 Å². The summed E-state index contributed by atoms with van der Waals surface area (Å²) in [5.74, 6) is -0.118. The summed E-state index contributed by atoms with van der Waals surface area (Å²) in [6.07, 6.45) is 3.05. The van der Waals surface area contributed by atoms with Gasteiger partial charge < -0.3 is 5.21 Å². The van der Waals surface area contributed by atoms with Gasteiger partial charge in [-0.2, -0.15) is 0 Å². The van der Waals surface area contributed by atoms with Crippen LogP contribution in [0.4, 0.5) is 4.39 Å². The molecule has 0 aliphatic heterocycles. The van der Waals surface area contributed by atoms with E-state index in [9.17, 15) is 4.39 Å². The lowest BCUT2D eigenvalue weighted by atomic mass is 10.1. The Morgan fingerprint density at radius 3 is 2.79 bits per heavy atom. The second-order valence-corrected chi connectivity index (χ2v) is 3.79. The molecule has 74 valence electrons. The van der Waals surface area contributed by atoms with Crippen LogP contribution in [-0.2, 0) is 0 Å². The van der Waals surface area contributed by atoms with E-state index in [0.29, 0.717) is 10.6 Å². The van der Waals surface area contributed by atoms with E-state index in [1.807, 2.05) is 0 Å². The summed E-state index contributed by atoms with van der Waals surface area (Å²) in [7, 11) is 0. The number of halogens is 2. The van der Waals surface area contributed by atoms with Crippen LogP contribution in [-0.4, -0.2) is 11.4 Å². The molecule has 0 bridgehead atoms. The molecule has 1 aromatic carbocycles. The predicted molar refractivity (Wildman–Crippen MR) is 52.8 cm³/mol. The highest BCUT2D eigenvalue weighted by Gasteiger charge is 2.29. The molecular formula is C10H9ClFNO. The summed E-state index contributed by atoms with van der Waals surface area (Å²) in [5, 5.41) is 11.6. The zero-order valence-electron chi connectivity index (χ0n) is 7.37. The summed E-state index contributed by atoms with van der Waals surface area (Å²) in [6, 6.07) is 3.14. The van der Waals surface area contributed by atoms with E-state index >= 15 is 0 Å². The van der Waals surface area contributed by atoms with Crippen LogP contribution in [0.5, 0.6) is 0 Å². The zero-order valence-corrected chi connectivity index (χ0v) is 8.13. The minimum Gasteiger partial charge on any atom is -0.411 e. The molecule has 1 N–H and O–H groups in total. The van der Waals surface area contributed by atoms with Crippen molar-refractivity contribution in [1.82, 2.24) is 0 Å². The highest BCUT2D eigenvalue weighted by atomic mass is 35.5. The summed E-state index contributed by atoms with van der Waals surface area (Å²) in [4.78, 5) is 0. The molecule has 1 aromatic rings. The van der Waals surface area contributed by atoms with Crippen molar-refractivity contribution >= 4 is 17.8 Å². The van der Waals surface area contributed by atoms with Gasteiger partial charge in [-0.3, -0.25) is 0 Å². The van der Waals surface area contributed by atoms with Gasteiger partial charge in [-0.25, -0.2) is 4.39 Å². The second kappa shape index (κ2) is 3.58. The van der Waals surface area contributed by atoms with Crippen LogP contribution in [0.3, 0.4) is 0 Å². The van der Waals surface area contributed by atoms with Crippen LogP contribution < -0.4 is 0 Å². The first-order valence-electron chi connectivity index (χ1n) is 4.39. The third-order valence-corrected chi connectivity index (χ3v) is 2.67. The molecule has 0 saturated heterocycles. The maximum atomic E-state index is 13.7. The van der Waals surface area contributed by atoms with Crippen LogP contribution >= 0.6 is 11.6 Å². The normalized spacial score (nSPS) is 16.4. The van der Waals surface area contributed by atoms with E-state index in [2.05, 4.69) is 5.16 Å². The predicted octanol–water partition coefficient (Wildman–Crippen LogP) is 3.16. The van der Waals surface area contributed by atoms with Crippen molar-refractivity contribution in [2.24, 2.45) is 5.16 Å². The fraction of sp³-hybridized carbons (Fsp3) is 0.300. The molecule has 4 heteroatoms. The van der Waals surface area contributed by atoms with Crippen LogP contribution in [0, 0.1) is 5.82 Å². The van der Waals surface area contributed by atoms with Crippen molar-refractivity contribution in [2.45, 2.75) is 18.8 Å². The molecule has 2 rings (SSSR count). The van der Waals surface area contributed by atoms with Gasteiger partial charge in [0.15, 0.2) is 0 Å². The second-order valence-electron chi connectivity index (χ2n) is 3.38. The van der Waals surface area contributed by atoms with Gasteiger partial charge >= 0.3 is 0 Å². The largest absolute Gasteiger partial charge is 0.411 e. The summed E-state index contributed by atoms with van der Waals surface area (Å²) in [6.45, 7) is 0. The lowest BCUT2D eigenvalue weighted by molar-refractivity contribution is 0.321. The van der Waals surface area contributed by atoms with E-state index in [4.69, 9.17) is 16.8 Å². The molecule has 2 nitrogen and oxygen atoms in total. The zero-order chi connectivity index (χ0) is 10.1. The van der Waals surface area contributed by atoms with Crippen LogP contribution in [0.2, 0.25) is 5.02 Å². The third kappa shape index (κ3) is 1.60. The van der Waals surface area contributed by atoms with Crippen molar-refractivity contribution in [3.8, 4) is 0 Å². The molecule has 1 aliphatic carbocycles. The van der Waals surface area contributed by atoms with E-state index in [-0.39, 0.29) is 17.3 Å². The molecule has 0 unspecified atom stereocenters. The Morgan fingerprint density at radius 1 is 1.50 bits per heavy atom. The molecule has 0 radical (unpaired) electrons. The van der Waals surface area contributed by atoms with Crippen LogP contribution in [0.1, 0.15) is 29.9 Å². The Kier molecular flexibility index (Phi) is 2.42. The Hall–Kier alpha value is -1.09. The van der Waals surface area contributed by atoms with E-state index < -0.39 is 0 Å². The molecule has 1 fully saturated rings. The van der Waals surface area contributed by atoms with E-state index in [1.54, 1.807) is 6.07 Å². The smallest absolute Gasteiger partial charge is 0.137 e. The van der Waals surface area contributed by atoms with Gasteiger partial charge in [-0.1, -0.05) is 16.8 Å². The molecule has 0 amide bonds. The lowest BCUT2D eigenvalue weighted by Gasteiger charge is -2.05. The Balaban J connectivity index is 2.50. The number of nitrogens with zero attached hydrogens (tertiary/aromatic N) is 1.